The maximum Gasteiger partial charge on any atom is 2.00 e. The first-order chi connectivity index (χ1) is 25.5. The molecule has 1 aliphatic carbocycles. The fourth-order valence-corrected chi connectivity index (χ4v) is 8.57. The molecule has 3 aliphatic rings. The molecular formula is C47H60MgN4O2-2. The van der Waals surface area contributed by atoms with Gasteiger partial charge in [-0.1, -0.05) is 131 Å². The molecule has 1 fully saturated rings. The molecule has 284 valence electrons. The third kappa shape index (κ3) is 9.33. The summed E-state index contributed by atoms with van der Waals surface area (Å²) >= 11 is 0. The quantitative estimate of drug-likeness (QED) is 0.0883. The van der Waals surface area contributed by atoms with Gasteiger partial charge in [-0.2, -0.15) is 11.4 Å². The smallest absolute Gasteiger partial charge is 0.664 e. The molecule has 7 heteroatoms. The van der Waals surface area contributed by atoms with Crippen molar-refractivity contribution in [1.29, 1.82) is 0 Å². The van der Waals surface area contributed by atoms with Crippen LogP contribution < -0.4 is 25.7 Å². The first-order valence-corrected chi connectivity index (χ1v) is 20.3. The van der Waals surface area contributed by atoms with Crippen LogP contribution in [0.25, 0.3) is 35.2 Å². The van der Waals surface area contributed by atoms with Crippen LogP contribution in [-0.2, 0) is 22.4 Å². The maximum atomic E-state index is 13.1. The summed E-state index contributed by atoms with van der Waals surface area (Å²) in [5.74, 6) is 1.61. The summed E-state index contributed by atoms with van der Waals surface area (Å²) in [6.07, 6.45) is 21.6. The molecule has 0 saturated carbocycles. The Morgan fingerprint density at radius 2 is 1.74 bits per heavy atom. The Hall–Kier alpha value is -3.42. The van der Waals surface area contributed by atoms with Gasteiger partial charge in [0.15, 0.2) is 0 Å². The van der Waals surface area contributed by atoms with Gasteiger partial charge in [0.2, 0.25) is 0 Å². The molecule has 8 bridgehead atoms. The molecule has 0 amide bonds. The number of carbonyl (C=O) groups is 1. The van der Waals surface area contributed by atoms with Gasteiger partial charge in [-0.25, -0.2) is 0 Å². The Balaban J connectivity index is 0.00000561. The summed E-state index contributed by atoms with van der Waals surface area (Å²) in [6, 6.07) is 2.23. The summed E-state index contributed by atoms with van der Waals surface area (Å²) in [6.45, 7) is 22.3. The number of hydrogen-bond donors (Lipinski definition) is 0. The van der Waals surface area contributed by atoms with Crippen molar-refractivity contribution in [1.82, 2.24) is 15.0 Å². The fraction of sp³-hybridized carbons (Fsp3) is 0.511. The molecule has 3 aromatic heterocycles. The zero-order chi connectivity index (χ0) is 37.8. The molecule has 6 rings (SSSR count). The number of rotatable bonds is 15. The van der Waals surface area contributed by atoms with E-state index >= 15 is 0 Å². The molecule has 54 heavy (non-hydrogen) atoms. The van der Waals surface area contributed by atoms with E-state index in [1.165, 1.54) is 59.9 Å². The monoisotopic (exact) mass is 736 g/mol. The van der Waals surface area contributed by atoms with E-state index in [-0.39, 0.29) is 40.9 Å². The maximum absolute atomic E-state index is 13.1. The van der Waals surface area contributed by atoms with Gasteiger partial charge in [0, 0.05) is 6.42 Å². The topological polar surface area (TPSA) is 82.7 Å². The number of allylic oxidation sites excluding steroid dienone is 4. The zero-order valence-corrected chi connectivity index (χ0v) is 35.7. The third-order valence-corrected chi connectivity index (χ3v) is 12.0. The van der Waals surface area contributed by atoms with E-state index in [2.05, 4.69) is 92.3 Å². The Morgan fingerprint density at radius 1 is 0.963 bits per heavy atom. The van der Waals surface area contributed by atoms with E-state index in [0.717, 1.165) is 93.5 Å². The minimum atomic E-state index is -0.150. The Kier molecular flexibility index (Phi) is 14.3. The molecule has 0 spiro atoms. The third-order valence-electron chi connectivity index (χ3n) is 12.0. The number of nitrogens with zero attached hydrogens (tertiary/aromatic N) is 4. The molecule has 6 nitrogen and oxygen atoms in total. The van der Waals surface area contributed by atoms with Crippen LogP contribution in [0.15, 0.2) is 35.7 Å². The van der Waals surface area contributed by atoms with Crippen molar-refractivity contribution in [2.24, 2.45) is 23.7 Å². The van der Waals surface area contributed by atoms with Crippen molar-refractivity contribution < 1.29 is 9.53 Å². The number of aromatic nitrogens is 3. The summed E-state index contributed by atoms with van der Waals surface area (Å²) in [7, 11) is 0. The SMILES string of the molecule is C=Cc1c2[n-]c(c1C)/C=C1\[N-]/C(=C3/CCc4cc([n-]c43)/C=c3\[n-]/c(c(C)c3CC)=C\2)[C@@H](CCC(=O)OC/C=C(\C)CCC[C@H](C)CCCC(C)C)[C@@H]1C.[Mg+2]. The molecular weight excluding hydrogens is 677 g/mol. The van der Waals surface area contributed by atoms with Gasteiger partial charge in [0.1, 0.15) is 6.61 Å². The van der Waals surface area contributed by atoms with Gasteiger partial charge in [-0.3, -0.25) is 4.79 Å². The van der Waals surface area contributed by atoms with Crippen LogP contribution in [0.1, 0.15) is 150 Å². The number of fused-ring (bicyclic) bond motifs is 7. The molecule has 3 atom stereocenters. The zero-order valence-electron chi connectivity index (χ0n) is 34.3. The standard InChI is InChI=1S/C47H60N4O2.Mg/c1-10-36-31(7)41-27-44-37(11-2)32(8)40(50-44)26-42-33(9)38(47(51-42)39-19-18-34-24-35(48-46(34)39)25-43(36)49-41)20-21-45(52)53-23-22-30(6)17-13-16-29(5)15-12-14-28(3)4;/h11,22,24-29,33,38H,2,10,12-21,23H2,1,3-9H3;/q-4;+2/b30-22+,41-27-,42-26-,43-25-,47-39-;/t29-,33+,38+;/m1./s1. The largest absolute Gasteiger partial charge is 2.00 e. The van der Waals surface area contributed by atoms with Crippen LogP contribution in [0, 0.1) is 37.5 Å². The molecule has 1 saturated heterocycles. The van der Waals surface area contributed by atoms with Crippen LogP contribution >= 0.6 is 0 Å². The predicted molar refractivity (Wildman–Crippen MR) is 225 cm³/mol. The fourth-order valence-electron chi connectivity index (χ4n) is 8.57. The van der Waals surface area contributed by atoms with Gasteiger partial charge in [0.25, 0.3) is 0 Å². The molecule has 0 radical (unpaired) electrons. The summed E-state index contributed by atoms with van der Waals surface area (Å²) in [5, 5.41) is 7.27. The van der Waals surface area contributed by atoms with E-state index in [1.54, 1.807) is 0 Å². The Morgan fingerprint density at radius 3 is 2.48 bits per heavy atom. The minimum absolute atomic E-state index is 0. The van der Waals surface area contributed by atoms with Gasteiger partial charge >= 0.3 is 29.0 Å². The molecule has 3 aromatic rings. The van der Waals surface area contributed by atoms with Crippen LogP contribution in [0.2, 0.25) is 0 Å². The second-order valence-corrected chi connectivity index (χ2v) is 16.3. The van der Waals surface area contributed by atoms with Crippen LogP contribution in [0.3, 0.4) is 0 Å². The second kappa shape index (κ2) is 18.5. The number of esters is 1. The molecule has 0 aromatic carbocycles. The van der Waals surface area contributed by atoms with Crippen LogP contribution in [0.5, 0.6) is 0 Å². The van der Waals surface area contributed by atoms with Crippen LogP contribution in [-0.4, -0.2) is 35.6 Å². The van der Waals surface area contributed by atoms with E-state index in [4.69, 9.17) is 25.0 Å². The average Bonchev–Trinajstić information content (AvgIpc) is 3.89. The Bertz CT molecular complexity index is 2050. The van der Waals surface area contributed by atoms with Crippen molar-refractivity contribution in [2.45, 2.75) is 126 Å². The number of aryl methyl sites for hydroxylation is 1. The van der Waals surface area contributed by atoms with Crippen molar-refractivity contribution in [2.75, 3.05) is 6.61 Å². The van der Waals surface area contributed by atoms with Crippen molar-refractivity contribution in [3.8, 4) is 0 Å². The van der Waals surface area contributed by atoms with E-state index in [0.29, 0.717) is 19.4 Å². The minimum Gasteiger partial charge on any atom is -0.664 e. The van der Waals surface area contributed by atoms with Gasteiger partial charge in [0.05, 0.1) is 0 Å². The molecule has 0 unspecified atom stereocenters. The average molecular weight is 737 g/mol. The van der Waals surface area contributed by atoms with Gasteiger partial charge in [-0.05, 0) is 94.6 Å². The van der Waals surface area contributed by atoms with Crippen molar-refractivity contribution in [3.05, 3.63) is 102 Å². The first kappa shape index (κ1) is 41.7. The van der Waals surface area contributed by atoms with Gasteiger partial charge in [-0.15, -0.1) is 33.5 Å². The summed E-state index contributed by atoms with van der Waals surface area (Å²) in [5.41, 5.74) is 14.2. The molecule has 0 N–H and O–H groups in total. The second-order valence-electron chi connectivity index (χ2n) is 16.3. The van der Waals surface area contributed by atoms with E-state index in [9.17, 15) is 4.79 Å². The van der Waals surface area contributed by atoms with Crippen molar-refractivity contribution >= 4 is 58.9 Å². The molecule has 5 heterocycles. The number of ether oxygens (including phenoxy) is 1. The van der Waals surface area contributed by atoms with E-state index < -0.39 is 0 Å². The first-order valence-electron chi connectivity index (χ1n) is 20.3. The Labute approximate surface area is 340 Å². The van der Waals surface area contributed by atoms with E-state index in [1.807, 2.05) is 6.08 Å². The number of hydrogen-bond acceptors (Lipinski definition) is 2. The van der Waals surface area contributed by atoms with Gasteiger partial charge < -0.3 is 25.0 Å². The van der Waals surface area contributed by atoms with Crippen molar-refractivity contribution in [3.63, 3.8) is 0 Å². The molecule has 2 aliphatic heterocycles. The normalized spacial score (nSPS) is 21.7. The van der Waals surface area contributed by atoms with Crippen LogP contribution in [0.4, 0.5) is 0 Å². The summed E-state index contributed by atoms with van der Waals surface area (Å²) < 4.78 is 5.76. The predicted octanol–water partition coefficient (Wildman–Crippen LogP) is 9.21. The number of carbonyl (C=O) groups excluding carboxylic acids is 1. The summed E-state index contributed by atoms with van der Waals surface area (Å²) in [4.78, 5) is 28.5.